The molecule has 1 aromatic rings. The van der Waals surface area contributed by atoms with E-state index in [9.17, 15) is 0 Å². The third kappa shape index (κ3) is 2.84. The number of hydrogen-bond donors (Lipinski definition) is 1. The lowest BCUT2D eigenvalue weighted by Gasteiger charge is -2.09. The predicted molar refractivity (Wildman–Crippen MR) is 65.6 cm³/mol. The van der Waals surface area contributed by atoms with Crippen LogP contribution in [0.25, 0.3) is 0 Å². The van der Waals surface area contributed by atoms with Crippen LogP contribution < -0.4 is 5.73 Å². The van der Waals surface area contributed by atoms with Crippen LogP contribution in [0.15, 0.2) is 0 Å². The number of methoxy groups -OCH3 is 1. The average Bonchev–Trinajstić information content (AvgIpc) is 2.94. The molecule has 17 heavy (non-hydrogen) atoms. The van der Waals surface area contributed by atoms with Gasteiger partial charge in [0.2, 0.25) is 0 Å². The molecule has 1 heterocycles. The first kappa shape index (κ1) is 12.5. The molecule has 2 N–H and O–H groups in total. The number of nitrogens with zero attached hydrogens (tertiary/aromatic N) is 3. The zero-order valence-electron chi connectivity index (χ0n) is 10.7. The molecule has 96 valence electrons. The van der Waals surface area contributed by atoms with Gasteiger partial charge in [-0.05, 0) is 19.3 Å². The van der Waals surface area contributed by atoms with Crippen molar-refractivity contribution in [1.29, 1.82) is 0 Å². The van der Waals surface area contributed by atoms with Gasteiger partial charge in [0.05, 0.1) is 6.04 Å². The lowest BCUT2D eigenvalue weighted by Crippen LogP contribution is -2.17. The highest BCUT2D eigenvalue weighted by Gasteiger charge is 2.23. The van der Waals surface area contributed by atoms with Crippen molar-refractivity contribution in [2.45, 2.75) is 44.1 Å². The normalized spacial score (nSPS) is 18.8. The van der Waals surface area contributed by atoms with E-state index in [4.69, 9.17) is 10.5 Å². The lowest BCUT2D eigenvalue weighted by molar-refractivity contribution is 0.186. The van der Waals surface area contributed by atoms with Crippen LogP contribution in [-0.4, -0.2) is 28.5 Å². The third-order valence-corrected chi connectivity index (χ3v) is 3.50. The van der Waals surface area contributed by atoms with E-state index >= 15 is 0 Å². The minimum Gasteiger partial charge on any atom is -0.385 e. The number of aryl methyl sites for hydroxylation is 1. The second-order valence-corrected chi connectivity index (χ2v) is 4.82. The van der Waals surface area contributed by atoms with Gasteiger partial charge in [-0.1, -0.05) is 12.8 Å². The van der Waals surface area contributed by atoms with Crippen LogP contribution >= 0.6 is 0 Å². The summed E-state index contributed by atoms with van der Waals surface area (Å²) in [6.45, 7) is 0.660. The summed E-state index contributed by atoms with van der Waals surface area (Å²) in [6.07, 6.45) is 5.82. The van der Waals surface area contributed by atoms with Crippen LogP contribution in [0.4, 0.5) is 0 Å². The fourth-order valence-corrected chi connectivity index (χ4v) is 2.47. The molecule has 0 aliphatic heterocycles. The standard InChI is InChI=1S/C12H22N4O/c1-16-12(10(13)7-8-17-2)14-11(15-16)9-5-3-4-6-9/h9-10H,3-8,13H2,1-2H3. The quantitative estimate of drug-likeness (QED) is 0.844. The summed E-state index contributed by atoms with van der Waals surface area (Å²) < 4.78 is 6.87. The Labute approximate surface area is 102 Å². The molecule has 1 saturated carbocycles. The maximum Gasteiger partial charge on any atom is 0.154 e. The number of hydrogen-bond acceptors (Lipinski definition) is 4. The lowest BCUT2D eigenvalue weighted by atomic mass is 10.1. The van der Waals surface area contributed by atoms with E-state index < -0.39 is 0 Å². The van der Waals surface area contributed by atoms with E-state index in [0.29, 0.717) is 12.5 Å². The van der Waals surface area contributed by atoms with Gasteiger partial charge in [-0.2, -0.15) is 5.10 Å². The van der Waals surface area contributed by atoms with Gasteiger partial charge in [0.25, 0.3) is 0 Å². The minimum atomic E-state index is -0.0809. The topological polar surface area (TPSA) is 66.0 Å². The minimum absolute atomic E-state index is 0.0809. The van der Waals surface area contributed by atoms with Gasteiger partial charge in [0, 0.05) is 26.7 Å². The molecule has 0 amide bonds. The van der Waals surface area contributed by atoms with Crippen LogP contribution in [0, 0.1) is 0 Å². The summed E-state index contributed by atoms with van der Waals surface area (Å²) >= 11 is 0. The fraction of sp³-hybridized carbons (Fsp3) is 0.833. The monoisotopic (exact) mass is 238 g/mol. The summed E-state index contributed by atoms with van der Waals surface area (Å²) in [6, 6.07) is -0.0809. The molecule has 1 fully saturated rings. The molecule has 1 aromatic heterocycles. The molecule has 1 atom stereocenters. The van der Waals surface area contributed by atoms with E-state index in [1.165, 1.54) is 25.7 Å². The summed E-state index contributed by atoms with van der Waals surface area (Å²) in [5.41, 5.74) is 6.09. The third-order valence-electron chi connectivity index (χ3n) is 3.50. The van der Waals surface area contributed by atoms with Crippen LogP contribution in [0.2, 0.25) is 0 Å². The largest absolute Gasteiger partial charge is 0.385 e. The highest BCUT2D eigenvalue weighted by molar-refractivity contribution is 5.04. The number of rotatable bonds is 5. The van der Waals surface area contributed by atoms with Crippen LogP contribution in [-0.2, 0) is 11.8 Å². The zero-order valence-corrected chi connectivity index (χ0v) is 10.7. The average molecular weight is 238 g/mol. The van der Waals surface area contributed by atoms with E-state index in [0.717, 1.165) is 18.1 Å². The molecule has 1 unspecified atom stereocenters. The van der Waals surface area contributed by atoms with Crippen LogP contribution in [0.1, 0.15) is 55.7 Å². The predicted octanol–water partition coefficient (Wildman–Crippen LogP) is 1.51. The maximum atomic E-state index is 6.09. The van der Waals surface area contributed by atoms with Crippen molar-refractivity contribution in [3.63, 3.8) is 0 Å². The second-order valence-electron chi connectivity index (χ2n) is 4.82. The fourth-order valence-electron chi connectivity index (χ4n) is 2.47. The molecular weight excluding hydrogens is 216 g/mol. The van der Waals surface area contributed by atoms with Crippen molar-refractivity contribution < 1.29 is 4.74 Å². The first-order valence-corrected chi connectivity index (χ1v) is 6.37. The molecule has 0 radical (unpaired) electrons. The number of ether oxygens (including phenoxy) is 1. The Morgan fingerprint density at radius 2 is 2.18 bits per heavy atom. The first-order chi connectivity index (χ1) is 8.22. The van der Waals surface area contributed by atoms with Crippen molar-refractivity contribution in [3.05, 3.63) is 11.6 Å². The summed E-state index contributed by atoms with van der Waals surface area (Å²) in [4.78, 5) is 4.62. The van der Waals surface area contributed by atoms with Crippen molar-refractivity contribution in [2.24, 2.45) is 12.8 Å². The van der Waals surface area contributed by atoms with Gasteiger partial charge in [-0.15, -0.1) is 0 Å². The zero-order chi connectivity index (χ0) is 12.3. The van der Waals surface area contributed by atoms with Crippen molar-refractivity contribution in [1.82, 2.24) is 14.8 Å². The maximum absolute atomic E-state index is 6.09. The Bertz CT molecular complexity index is 357. The summed E-state index contributed by atoms with van der Waals surface area (Å²) in [5, 5.41) is 4.51. The summed E-state index contributed by atoms with van der Waals surface area (Å²) in [5.74, 6) is 2.40. The Morgan fingerprint density at radius 3 is 2.82 bits per heavy atom. The van der Waals surface area contributed by atoms with Gasteiger partial charge in [-0.25, -0.2) is 4.98 Å². The van der Waals surface area contributed by atoms with E-state index in [1.807, 2.05) is 11.7 Å². The molecule has 0 spiro atoms. The van der Waals surface area contributed by atoms with Crippen molar-refractivity contribution >= 4 is 0 Å². The molecular formula is C12H22N4O. The first-order valence-electron chi connectivity index (χ1n) is 6.37. The SMILES string of the molecule is COCCC(N)c1nc(C2CCCC2)nn1C. The molecule has 0 bridgehead atoms. The highest BCUT2D eigenvalue weighted by atomic mass is 16.5. The summed E-state index contributed by atoms with van der Waals surface area (Å²) in [7, 11) is 3.61. The van der Waals surface area contributed by atoms with Crippen LogP contribution in [0.3, 0.4) is 0 Å². The Kier molecular flexibility index (Phi) is 4.12. The molecule has 5 nitrogen and oxygen atoms in total. The molecule has 0 aromatic carbocycles. The van der Waals surface area contributed by atoms with E-state index in [2.05, 4.69) is 10.1 Å². The highest BCUT2D eigenvalue weighted by Crippen LogP contribution is 2.32. The van der Waals surface area contributed by atoms with Gasteiger partial charge < -0.3 is 10.5 Å². The Balaban J connectivity index is 2.06. The van der Waals surface area contributed by atoms with Crippen LogP contribution in [0.5, 0.6) is 0 Å². The molecule has 0 saturated heterocycles. The van der Waals surface area contributed by atoms with Gasteiger partial charge in [-0.3, -0.25) is 4.68 Å². The number of aromatic nitrogens is 3. The van der Waals surface area contributed by atoms with E-state index in [1.54, 1.807) is 7.11 Å². The Morgan fingerprint density at radius 1 is 1.47 bits per heavy atom. The Hall–Kier alpha value is -0.940. The number of nitrogens with two attached hydrogens (primary N) is 1. The van der Waals surface area contributed by atoms with Gasteiger partial charge >= 0.3 is 0 Å². The van der Waals surface area contributed by atoms with Gasteiger partial charge in [0.1, 0.15) is 5.82 Å². The molecule has 1 aliphatic rings. The van der Waals surface area contributed by atoms with Gasteiger partial charge in [0.15, 0.2) is 5.82 Å². The second kappa shape index (κ2) is 5.60. The smallest absolute Gasteiger partial charge is 0.154 e. The van der Waals surface area contributed by atoms with Crippen molar-refractivity contribution in [2.75, 3.05) is 13.7 Å². The molecule has 2 rings (SSSR count). The van der Waals surface area contributed by atoms with Crippen molar-refractivity contribution in [3.8, 4) is 0 Å². The molecule has 5 heteroatoms. The molecule has 1 aliphatic carbocycles. The van der Waals surface area contributed by atoms with E-state index in [-0.39, 0.29) is 6.04 Å².